The lowest BCUT2D eigenvalue weighted by atomic mass is 10.1. The molecule has 0 radical (unpaired) electrons. The van der Waals surface area contributed by atoms with Crippen molar-refractivity contribution in [3.8, 4) is 0 Å². The number of carbonyl (C=O) groups is 1. The van der Waals surface area contributed by atoms with Crippen molar-refractivity contribution in [2.24, 2.45) is 0 Å². The van der Waals surface area contributed by atoms with E-state index in [1.165, 1.54) is 6.92 Å². The van der Waals surface area contributed by atoms with E-state index in [-0.39, 0.29) is 11.9 Å². The normalized spacial score (nSPS) is 11.8. The summed E-state index contributed by atoms with van der Waals surface area (Å²) in [4.78, 5) is 11.0. The van der Waals surface area contributed by atoms with E-state index in [2.05, 4.69) is 33.5 Å². The van der Waals surface area contributed by atoms with Gasteiger partial charge in [0.1, 0.15) is 0 Å². The van der Waals surface area contributed by atoms with Gasteiger partial charge in [0.05, 0.1) is 0 Å². The molecule has 0 heterocycles. The van der Waals surface area contributed by atoms with Gasteiger partial charge in [0, 0.05) is 33.8 Å². The molecule has 1 atom stereocenters. The molecule has 0 spiro atoms. The number of hydrogen-bond donors (Lipinski definition) is 2. The smallest absolute Gasteiger partial charge is 0.221 e. The SMILES string of the molecule is CC(=O)Nc1ccc(NC(C)c2ccc(Br)cc2Cl)cc1. The number of amides is 1. The second-order valence-electron chi connectivity index (χ2n) is 4.79. The van der Waals surface area contributed by atoms with E-state index in [9.17, 15) is 4.79 Å². The Morgan fingerprint density at radius 3 is 2.33 bits per heavy atom. The van der Waals surface area contributed by atoms with Crippen LogP contribution in [0.4, 0.5) is 11.4 Å². The highest BCUT2D eigenvalue weighted by Crippen LogP contribution is 2.28. The molecular weight excluding hydrogens is 352 g/mol. The highest BCUT2D eigenvalue weighted by atomic mass is 79.9. The molecule has 1 unspecified atom stereocenters. The quantitative estimate of drug-likeness (QED) is 0.776. The molecule has 2 aromatic carbocycles. The van der Waals surface area contributed by atoms with Crippen molar-refractivity contribution in [1.82, 2.24) is 0 Å². The Morgan fingerprint density at radius 2 is 1.76 bits per heavy atom. The van der Waals surface area contributed by atoms with Crippen molar-refractivity contribution >= 4 is 44.8 Å². The molecule has 110 valence electrons. The molecule has 0 saturated carbocycles. The number of halogens is 2. The van der Waals surface area contributed by atoms with Crippen LogP contribution in [0.2, 0.25) is 5.02 Å². The second kappa shape index (κ2) is 6.96. The average Bonchev–Trinajstić information content (AvgIpc) is 2.40. The summed E-state index contributed by atoms with van der Waals surface area (Å²) in [5.41, 5.74) is 2.78. The van der Waals surface area contributed by atoms with Crippen LogP contribution in [0.5, 0.6) is 0 Å². The fraction of sp³-hybridized carbons (Fsp3) is 0.188. The molecule has 0 aromatic heterocycles. The standard InChI is InChI=1S/C16H16BrClN2O/c1-10(15-8-3-12(17)9-16(15)18)19-13-4-6-14(7-5-13)20-11(2)21/h3-10,19H,1-2H3,(H,20,21). The number of nitrogens with one attached hydrogen (secondary N) is 2. The van der Waals surface area contributed by atoms with Crippen LogP contribution in [-0.4, -0.2) is 5.91 Å². The summed E-state index contributed by atoms with van der Waals surface area (Å²) >= 11 is 9.66. The van der Waals surface area contributed by atoms with Crippen molar-refractivity contribution in [2.75, 3.05) is 10.6 Å². The average molecular weight is 368 g/mol. The third-order valence-electron chi connectivity index (χ3n) is 3.02. The number of carbonyl (C=O) groups excluding carboxylic acids is 1. The Bertz CT molecular complexity index is 643. The van der Waals surface area contributed by atoms with Gasteiger partial charge in [-0.2, -0.15) is 0 Å². The van der Waals surface area contributed by atoms with Gasteiger partial charge in [0.2, 0.25) is 5.91 Å². The molecule has 2 N–H and O–H groups in total. The number of anilines is 2. The minimum absolute atomic E-state index is 0.0780. The minimum atomic E-state index is -0.0780. The minimum Gasteiger partial charge on any atom is -0.378 e. The number of benzene rings is 2. The van der Waals surface area contributed by atoms with E-state index in [4.69, 9.17) is 11.6 Å². The summed E-state index contributed by atoms with van der Waals surface area (Å²) in [6, 6.07) is 13.5. The predicted octanol–water partition coefficient (Wildman–Crippen LogP) is 5.23. The molecule has 1 amide bonds. The first-order chi connectivity index (χ1) is 9.95. The molecule has 2 aromatic rings. The lowest BCUT2D eigenvalue weighted by Gasteiger charge is -2.17. The van der Waals surface area contributed by atoms with Crippen molar-refractivity contribution in [2.45, 2.75) is 19.9 Å². The first-order valence-electron chi connectivity index (χ1n) is 6.55. The lowest BCUT2D eigenvalue weighted by molar-refractivity contribution is -0.114. The van der Waals surface area contributed by atoms with Crippen LogP contribution in [-0.2, 0) is 4.79 Å². The fourth-order valence-corrected chi connectivity index (χ4v) is 2.87. The Labute approximate surface area is 137 Å². The second-order valence-corrected chi connectivity index (χ2v) is 6.11. The summed E-state index contributed by atoms with van der Waals surface area (Å²) in [5, 5.41) is 6.85. The lowest BCUT2D eigenvalue weighted by Crippen LogP contribution is -2.08. The monoisotopic (exact) mass is 366 g/mol. The summed E-state index contributed by atoms with van der Waals surface area (Å²) in [6.07, 6.45) is 0. The Balaban J connectivity index is 2.08. The maximum absolute atomic E-state index is 11.0. The molecule has 0 aliphatic carbocycles. The maximum Gasteiger partial charge on any atom is 0.221 e. The van der Waals surface area contributed by atoms with Crippen molar-refractivity contribution in [3.05, 3.63) is 57.5 Å². The Kier molecular flexibility index (Phi) is 5.26. The molecular formula is C16H16BrClN2O. The van der Waals surface area contributed by atoms with Gasteiger partial charge in [-0.15, -0.1) is 0 Å². The van der Waals surface area contributed by atoms with E-state index in [1.54, 1.807) is 0 Å². The third kappa shape index (κ3) is 4.48. The van der Waals surface area contributed by atoms with Crippen molar-refractivity contribution in [1.29, 1.82) is 0 Å². The summed E-state index contributed by atoms with van der Waals surface area (Å²) in [7, 11) is 0. The van der Waals surface area contributed by atoms with E-state index >= 15 is 0 Å². The summed E-state index contributed by atoms with van der Waals surface area (Å²) in [5.74, 6) is -0.0780. The Morgan fingerprint density at radius 1 is 1.14 bits per heavy atom. The van der Waals surface area contributed by atoms with Crippen LogP contribution >= 0.6 is 27.5 Å². The van der Waals surface area contributed by atoms with Crippen LogP contribution in [0, 0.1) is 0 Å². The van der Waals surface area contributed by atoms with Crippen LogP contribution < -0.4 is 10.6 Å². The number of hydrogen-bond acceptors (Lipinski definition) is 2. The zero-order chi connectivity index (χ0) is 15.4. The van der Waals surface area contributed by atoms with Gasteiger partial charge in [-0.05, 0) is 48.9 Å². The first kappa shape index (κ1) is 15.9. The van der Waals surface area contributed by atoms with Crippen LogP contribution in [0.25, 0.3) is 0 Å². The highest BCUT2D eigenvalue weighted by molar-refractivity contribution is 9.10. The molecule has 2 rings (SSSR count). The summed E-state index contributed by atoms with van der Waals surface area (Å²) < 4.78 is 0.961. The Hall–Kier alpha value is -1.52. The van der Waals surface area contributed by atoms with Gasteiger partial charge in [-0.25, -0.2) is 0 Å². The fourth-order valence-electron chi connectivity index (χ4n) is 2.03. The molecule has 3 nitrogen and oxygen atoms in total. The number of rotatable bonds is 4. The van der Waals surface area contributed by atoms with Crippen LogP contribution in [0.1, 0.15) is 25.5 Å². The van der Waals surface area contributed by atoms with Crippen LogP contribution in [0.3, 0.4) is 0 Å². The van der Waals surface area contributed by atoms with Gasteiger partial charge in [-0.1, -0.05) is 33.6 Å². The van der Waals surface area contributed by atoms with Gasteiger partial charge in [-0.3, -0.25) is 4.79 Å². The topological polar surface area (TPSA) is 41.1 Å². The van der Waals surface area contributed by atoms with Crippen LogP contribution in [0.15, 0.2) is 46.9 Å². The van der Waals surface area contributed by atoms with Gasteiger partial charge in [0.15, 0.2) is 0 Å². The van der Waals surface area contributed by atoms with Gasteiger partial charge >= 0.3 is 0 Å². The first-order valence-corrected chi connectivity index (χ1v) is 7.72. The molecule has 21 heavy (non-hydrogen) atoms. The van der Waals surface area contributed by atoms with E-state index in [0.29, 0.717) is 0 Å². The van der Waals surface area contributed by atoms with Gasteiger partial charge < -0.3 is 10.6 Å². The van der Waals surface area contributed by atoms with Crippen molar-refractivity contribution < 1.29 is 4.79 Å². The molecule has 0 bridgehead atoms. The molecule has 0 aliphatic heterocycles. The van der Waals surface area contributed by atoms with E-state index < -0.39 is 0 Å². The van der Waals surface area contributed by atoms with Gasteiger partial charge in [0.25, 0.3) is 0 Å². The van der Waals surface area contributed by atoms with E-state index in [1.807, 2.05) is 42.5 Å². The predicted molar refractivity (Wildman–Crippen MR) is 91.9 cm³/mol. The summed E-state index contributed by atoms with van der Waals surface area (Å²) in [6.45, 7) is 3.54. The zero-order valence-corrected chi connectivity index (χ0v) is 14.1. The van der Waals surface area contributed by atoms with E-state index in [0.717, 1.165) is 26.4 Å². The molecule has 0 saturated heterocycles. The zero-order valence-electron chi connectivity index (χ0n) is 11.8. The largest absolute Gasteiger partial charge is 0.378 e. The third-order valence-corrected chi connectivity index (χ3v) is 3.84. The van der Waals surface area contributed by atoms with Crippen molar-refractivity contribution in [3.63, 3.8) is 0 Å². The highest BCUT2D eigenvalue weighted by Gasteiger charge is 2.10. The maximum atomic E-state index is 11.0. The molecule has 0 aliphatic rings. The molecule has 5 heteroatoms. The molecule has 0 fully saturated rings.